The molecule has 148 valence electrons. The van der Waals surface area contributed by atoms with Crippen LogP contribution in [0.4, 0.5) is 0 Å². The molecule has 0 amide bonds. The van der Waals surface area contributed by atoms with Gasteiger partial charge in [0, 0.05) is 21.5 Å². The molecule has 2 heterocycles. The summed E-state index contributed by atoms with van der Waals surface area (Å²) in [5.41, 5.74) is 8.91. The number of fused-ring (bicyclic) bond motifs is 6. The molecule has 0 aliphatic heterocycles. The monoisotopic (exact) mass is 392 g/mol. The van der Waals surface area contributed by atoms with E-state index in [1.54, 1.807) is 0 Å². The third kappa shape index (κ3) is 3.05. The first-order chi connectivity index (χ1) is 14.5. The van der Waals surface area contributed by atoms with E-state index in [0.29, 0.717) is 0 Å². The van der Waals surface area contributed by atoms with Crippen molar-refractivity contribution in [1.82, 2.24) is 0 Å². The topological polar surface area (TPSA) is 26.3 Å². The van der Waals surface area contributed by atoms with Crippen molar-refractivity contribution < 1.29 is 8.83 Å². The van der Waals surface area contributed by atoms with Crippen LogP contribution in [0.1, 0.15) is 22.3 Å². The van der Waals surface area contributed by atoms with Crippen LogP contribution in [0.5, 0.6) is 0 Å². The standard InChI is InChI=1S/2C14H12O/c1-9-3-5-13-11(7-9)12-8-10(2)4-6-14(12)15-13;1-9-5-3-7-11-12-8-4-6-10(2)14(12)15-13(9)11/h2*3-8H,1-2H3. The lowest BCUT2D eigenvalue weighted by Gasteiger charge is -1.93. The minimum atomic E-state index is 0.973. The Labute approximate surface area is 175 Å². The highest BCUT2D eigenvalue weighted by atomic mass is 16.3. The highest BCUT2D eigenvalue weighted by Crippen LogP contribution is 2.32. The van der Waals surface area contributed by atoms with Crippen molar-refractivity contribution in [3.63, 3.8) is 0 Å². The highest BCUT2D eigenvalue weighted by molar-refractivity contribution is 6.07. The summed E-state index contributed by atoms with van der Waals surface area (Å²) in [5.74, 6) is 0. The van der Waals surface area contributed by atoms with Gasteiger partial charge in [-0.25, -0.2) is 0 Å². The van der Waals surface area contributed by atoms with Gasteiger partial charge in [0.15, 0.2) is 0 Å². The Morgan fingerprint density at radius 1 is 0.467 bits per heavy atom. The van der Waals surface area contributed by atoms with Gasteiger partial charge in [0.1, 0.15) is 22.3 Å². The molecule has 0 spiro atoms. The van der Waals surface area contributed by atoms with Gasteiger partial charge in [0.25, 0.3) is 0 Å². The van der Waals surface area contributed by atoms with E-state index < -0.39 is 0 Å². The Kier molecular flexibility index (Phi) is 4.36. The van der Waals surface area contributed by atoms with Crippen LogP contribution in [0.25, 0.3) is 43.9 Å². The van der Waals surface area contributed by atoms with Gasteiger partial charge in [0.05, 0.1) is 0 Å². The molecule has 0 fully saturated rings. The quantitative estimate of drug-likeness (QED) is 0.259. The number of rotatable bonds is 0. The maximum atomic E-state index is 5.91. The van der Waals surface area contributed by atoms with Gasteiger partial charge < -0.3 is 8.83 Å². The number of hydrogen-bond acceptors (Lipinski definition) is 2. The van der Waals surface area contributed by atoms with Crippen molar-refractivity contribution in [3.8, 4) is 0 Å². The average molecular weight is 392 g/mol. The van der Waals surface area contributed by atoms with Gasteiger partial charge in [-0.1, -0.05) is 59.7 Å². The largest absolute Gasteiger partial charge is 0.456 e. The first-order valence-corrected chi connectivity index (χ1v) is 10.3. The Morgan fingerprint density at radius 2 is 0.933 bits per heavy atom. The zero-order chi connectivity index (χ0) is 20.8. The molecule has 0 radical (unpaired) electrons. The zero-order valence-corrected chi connectivity index (χ0v) is 17.7. The van der Waals surface area contributed by atoms with Crippen LogP contribution >= 0.6 is 0 Å². The van der Waals surface area contributed by atoms with Crippen molar-refractivity contribution in [3.05, 3.63) is 95.1 Å². The molecule has 0 N–H and O–H groups in total. The molecule has 6 aromatic rings. The fourth-order valence-corrected chi connectivity index (χ4v) is 4.11. The van der Waals surface area contributed by atoms with Crippen LogP contribution in [0.15, 0.2) is 81.6 Å². The zero-order valence-electron chi connectivity index (χ0n) is 17.7. The molecule has 4 aromatic carbocycles. The lowest BCUT2D eigenvalue weighted by Crippen LogP contribution is -1.72. The number of benzene rings is 4. The predicted octanol–water partition coefficient (Wildman–Crippen LogP) is 8.41. The van der Waals surface area contributed by atoms with Gasteiger partial charge in [-0.15, -0.1) is 0 Å². The fourth-order valence-electron chi connectivity index (χ4n) is 4.11. The summed E-state index contributed by atoms with van der Waals surface area (Å²) in [5, 5.41) is 4.87. The number of hydrogen-bond donors (Lipinski definition) is 0. The van der Waals surface area contributed by atoms with Crippen LogP contribution in [0.2, 0.25) is 0 Å². The minimum Gasteiger partial charge on any atom is -0.456 e. The van der Waals surface area contributed by atoms with Crippen molar-refractivity contribution in [2.45, 2.75) is 27.7 Å². The van der Waals surface area contributed by atoms with Gasteiger partial charge in [0.2, 0.25) is 0 Å². The maximum absolute atomic E-state index is 5.91. The van der Waals surface area contributed by atoms with E-state index in [1.807, 2.05) is 12.1 Å². The molecule has 0 atom stereocenters. The van der Waals surface area contributed by atoms with Gasteiger partial charge >= 0.3 is 0 Å². The highest BCUT2D eigenvalue weighted by Gasteiger charge is 2.09. The van der Waals surface area contributed by atoms with Crippen LogP contribution in [0.3, 0.4) is 0 Å². The lowest BCUT2D eigenvalue weighted by atomic mass is 10.1. The van der Waals surface area contributed by atoms with Gasteiger partial charge in [-0.3, -0.25) is 0 Å². The van der Waals surface area contributed by atoms with Crippen molar-refractivity contribution in [2.75, 3.05) is 0 Å². The molecule has 0 unspecified atom stereocenters. The summed E-state index contributed by atoms with van der Waals surface area (Å²) in [7, 11) is 0. The smallest absolute Gasteiger partial charge is 0.138 e. The van der Waals surface area contributed by atoms with Gasteiger partial charge in [-0.05, 0) is 63.1 Å². The molecule has 2 aromatic heterocycles. The summed E-state index contributed by atoms with van der Waals surface area (Å²) < 4.78 is 11.7. The average Bonchev–Trinajstić information content (AvgIpc) is 3.29. The van der Waals surface area contributed by atoms with Crippen LogP contribution < -0.4 is 0 Å². The first kappa shape index (κ1) is 18.5. The Bertz CT molecular complexity index is 1420. The number of para-hydroxylation sites is 2. The molecule has 0 aliphatic rings. The second-order valence-electron chi connectivity index (χ2n) is 8.11. The SMILES string of the molecule is Cc1ccc2oc3ccc(C)cc3c2c1.Cc1cccc2c1oc1c(C)cccc12. The summed E-state index contributed by atoms with van der Waals surface area (Å²) >= 11 is 0. The Balaban J connectivity index is 0.000000128. The van der Waals surface area contributed by atoms with Gasteiger partial charge in [-0.2, -0.15) is 0 Å². The van der Waals surface area contributed by atoms with Crippen LogP contribution in [-0.4, -0.2) is 0 Å². The van der Waals surface area contributed by atoms with E-state index in [2.05, 4.69) is 88.4 Å². The minimum absolute atomic E-state index is 0.973. The molecular weight excluding hydrogens is 368 g/mol. The molecule has 2 heteroatoms. The molecule has 0 aliphatic carbocycles. The van der Waals surface area contributed by atoms with Crippen LogP contribution in [-0.2, 0) is 0 Å². The van der Waals surface area contributed by atoms with Crippen LogP contribution in [0, 0.1) is 27.7 Å². The molecule has 30 heavy (non-hydrogen) atoms. The summed E-state index contributed by atoms with van der Waals surface area (Å²) in [6.45, 7) is 8.38. The third-order valence-corrected chi connectivity index (χ3v) is 5.70. The summed E-state index contributed by atoms with van der Waals surface area (Å²) in [4.78, 5) is 0. The molecule has 6 rings (SSSR count). The second-order valence-corrected chi connectivity index (χ2v) is 8.11. The number of furan rings is 2. The molecule has 0 saturated carbocycles. The molecule has 2 nitrogen and oxygen atoms in total. The third-order valence-electron chi connectivity index (χ3n) is 5.70. The normalized spacial score (nSPS) is 11.3. The Morgan fingerprint density at radius 3 is 1.40 bits per heavy atom. The van der Waals surface area contributed by atoms with E-state index >= 15 is 0 Å². The summed E-state index contributed by atoms with van der Waals surface area (Å²) in [6, 6.07) is 25.2. The van der Waals surface area contributed by atoms with E-state index in [4.69, 9.17) is 8.83 Å². The predicted molar refractivity (Wildman–Crippen MR) is 126 cm³/mol. The van der Waals surface area contributed by atoms with E-state index in [9.17, 15) is 0 Å². The molecule has 0 saturated heterocycles. The second kappa shape index (κ2) is 7.07. The van der Waals surface area contributed by atoms with Crippen molar-refractivity contribution in [1.29, 1.82) is 0 Å². The molecule has 0 bridgehead atoms. The van der Waals surface area contributed by atoms with Crippen molar-refractivity contribution >= 4 is 43.9 Å². The van der Waals surface area contributed by atoms with Crippen molar-refractivity contribution in [2.24, 2.45) is 0 Å². The summed E-state index contributed by atoms with van der Waals surface area (Å²) in [6.07, 6.45) is 0. The van der Waals surface area contributed by atoms with E-state index in [1.165, 1.54) is 43.8 Å². The maximum Gasteiger partial charge on any atom is 0.138 e. The first-order valence-electron chi connectivity index (χ1n) is 10.3. The number of aryl methyl sites for hydroxylation is 4. The van der Waals surface area contributed by atoms with E-state index in [0.717, 1.165) is 22.3 Å². The molecular formula is C28H24O2. The Hall–Kier alpha value is -3.52. The fraction of sp³-hybridized carbons (Fsp3) is 0.143. The lowest BCUT2D eigenvalue weighted by molar-refractivity contribution is 0.662. The van der Waals surface area contributed by atoms with E-state index in [-0.39, 0.29) is 0 Å².